The summed E-state index contributed by atoms with van der Waals surface area (Å²) in [6.07, 6.45) is 2.59. The van der Waals surface area contributed by atoms with Crippen LogP contribution in [0.2, 0.25) is 0 Å². The molecular formula is C16H26O3. The van der Waals surface area contributed by atoms with E-state index in [1.54, 1.807) is 25.1 Å². The van der Waals surface area contributed by atoms with E-state index in [0.717, 1.165) is 24.8 Å². The molecule has 0 aliphatic carbocycles. The second-order valence-corrected chi connectivity index (χ2v) is 3.81. The summed E-state index contributed by atoms with van der Waals surface area (Å²) in [5.41, 5.74) is 1.43. The molecule has 0 aliphatic heterocycles. The van der Waals surface area contributed by atoms with Gasteiger partial charge in [-0.25, -0.2) is 4.79 Å². The van der Waals surface area contributed by atoms with Crippen LogP contribution in [0.1, 0.15) is 63.4 Å². The summed E-state index contributed by atoms with van der Waals surface area (Å²) in [6, 6.07) is 6.98. The van der Waals surface area contributed by atoms with Gasteiger partial charge in [0.05, 0.1) is 5.56 Å². The van der Waals surface area contributed by atoms with Crippen molar-refractivity contribution in [2.45, 2.75) is 53.9 Å². The third-order valence-electron chi connectivity index (χ3n) is 2.18. The van der Waals surface area contributed by atoms with Crippen molar-refractivity contribution >= 4 is 11.8 Å². The van der Waals surface area contributed by atoms with E-state index < -0.39 is 5.97 Å². The van der Waals surface area contributed by atoms with Crippen molar-refractivity contribution in [2.75, 3.05) is 0 Å². The molecule has 0 aromatic heterocycles. The van der Waals surface area contributed by atoms with E-state index in [9.17, 15) is 9.59 Å². The lowest BCUT2D eigenvalue weighted by atomic mass is 10.1. The number of benzene rings is 1. The van der Waals surface area contributed by atoms with E-state index in [-0.39, 0.29) is 5.78 Å². The lowest BCUT2D eigenvalue weighted by molar-refractivity contribution is -0.117. The topological polar surface area (TPSA) is 54.4 Å². The van der Waals surface area contributed by atoms with E-state index in [2.05, 4.69) is 0 Å². The van der Waals surface area contributed by atoms with Gasteiger partial charge in [-0.05, 0) is 37.5 Å². The van der Waals surface area contributed by atoms with Gasteiger partial charge in [0.15, 0.2) is 0 Å². The van der Waals surface area contributed by atoms with E-state index in [0.29, 0.717) is 5.56 Å². The van der Waals surface area contributed by atoms with Gasteiger partial charge >= 0.3 is 5.97 Å². The number of aromatic carboxylic acids is 1. The zero-order valence-electron chi connectivity index (χ0n) is 12.7. The quantitative estimate of drug-likeness (QED) is 0.881. The van der Waals surface area contributed by atoms with Gasteiger partial charge in [0, 0.05) is 6.42 Å². The van der Waals surface area contributed by atoms with Crippen LogP contribution in [0.5, 0.6) is 0 Å². The molecule has 0 atom stereocenters. The Morgan fingerprint density at radius 2 is 1.74 bits per heavy atom. The predicted octanol–water partition coefficient (Wildman–Crippen LogP) is 4.35. The fraction of sp³-hybridized carbons (Fsp3) is 0.500. The van der Waals surface area contributed by atoms with Gasteiger partial charge in [0.1, 0.15) is 5.78 Å². The molecule has 0 bridgehead atoms. The van der Waals surface area contributed by atoms with Gasteiger partial charge in [-0.15, -0.1) is 0 Å². The Balaban J connectivity index is 0. The minimum Gasteiger partial charge on any atom is -0.478 e. The first-order valence-corrected chi connectivity index (χ1v) is 6.82. The Morgan fingerprint density at radius 3 is 2.05 bits per heavy atom. The maximum absolute atomic E-state index is 10.5. The van der Waals surface area contributed by atoms with Crippen LogP contribution in [0.3, 0.4) is 0 Å². The first-order chi connectivity index (χ1) is 9.01. The number of carboxylic acids is 1. The molecule has 0 spiro atoms. The number of hydrogen-bond donors (Lipinski definition) is 1. The number of ketones is 1. The summed E-state index contributed by atoms with van der Waals surface area (Å²) in [7, 11) is 0. The lowest BCUT2D eigenvalue weighted by Crippen LogP contribution is -1.96. The Bertz CT molecular complexity index is 370. The van der Waals surface area contributed by atoms with Crippen LogP contribution in [0, 0.1) is 0 Å². The number of carbonyl (C=O) groups is 2. The summed E-state index contributed by atoms with van der Waals surface area (Å²) >= 11 is 0. The minimum absolute atomic E-state index is 0.289. The molecule has 0 saturated carbocycles. The smallest absolute Gasteiger partial charge is 0.335 e. The summed E-state index contributed by atoms with van der Waals surface area (Å²) in [5, 5.41) is 8.60. The first-order valence-electron chi connectivity index (χ1n) is 6.82. The SMILES string of the molecule is CC.CCCC(C)=O.CCc1cccc(C(=O)O)c1. The molecule has 0 saturated heterocycles. The highest BCUT2D eigenvalue weighted by molar-refractivity contribution is 5.87. The number of Topliss-reactive ketones (excluding diaryl/α,β-unsaturated/α-hetero) is 1. The van der Waals surface area contributed by atoms with E-state index >= 15 is 0 Å². The van der Waals surface area contributed by atoms with E-state index in [1.807, 2.05) is 33.8 Å². The highest BCUT2D eigenvalue weighted by Crippen LogP contribution is 2.05. The molecule has 0 unspecified atom stereocenters. The third-order valence-corrected chi connectivity index (χ3v) is 2.18. The van der Waals surface area contributed by atoms with Gasteiger partial charge in [0.25, 0.3) is 0 Å². The molecule has 0 fully saturated rings. The third kappa shape index (κ3) is 11.2. The highest BCUT2D eigenvalue weighted by Gasteiger charge is 2.00. The molecule has 0 heterocycles. The number of rotatable bonds is 4. The maximum atomic E-state index is 10.5. The number of aryl methyl sites for hydroxylation is 1. The van der Waals surface area contributed by atoms with Crippen molar-refractivity contribution in [1.82, 2.24) is 0 Å². The van der Waals surface area contributed by atoms with Crippen molar-refractivity contribution < 1.29 is 14.7 Å². The average Bonchev–Trinajstić information content (AvgIpc) is 2.41. The molecule has 0 aliphatic rings. The normalized spacial score (nSPS) is 8.47. The van der Waals surface area contributed by atoms with Gasteiger partial charge < -0.3 is 9.90 Å². The summed E-state index contributed by atoms with van der Waals surface area (Å²) in [5.74, 6) is -0.571. The second-order valence-electron chi connectivity index (χ2n) is 3.81. The number of carbonyl (C=O) groups excluding carboxylic acids is 1. The van der Waals surface area contributed by atoms with Crippen molar-refractivity contribution in [3.05, 3.63) is 35.4 Å². The van der Waals surface area contributed by atoms with Crippen LogP contribution in [0.4, 0.5) is 0 Å². The van der Waals surface area contributed by atoms with Crippen LogP contribution in [0.15, 0.2) is 24.3 Å². The summed E-state index contributed by atoms with van der Waals surface area (Å²) in [6.45, 7) is 9.62. The van der Waals surface area contributed by atoms with Crippen molar-refractivity contribution in [2.24, 2.45) is 0 Å². The first kappa shape index (κ1) is 19.7. The van der Waals surface area contributed by atoms with E-state index in [4.69, 9.17) is 5.11 Å². The Kier molecular flexibility index (Phi) is 13.3. The lowest BCUT2D eigenvalue weighted by Gasteiger charge is -1.97. The summed E-state index contributed by atoms with van der Waals surface area (Å²) < 4.78 is 0. The molecule has 3 nitrogen and oxygen atoms in total. The molecule has 108 valence electrons. The molecule has 1 aromatic rings. The fourth-order valence-electron chi connectivity index (χ4n) is 1.28. The fourth-order valence-corrected chi connectivity index (χ4v) is 1.28. The molecule has 0 radical (unpaired) electrons. The maximum Gasteiger partial charge on any atom is 0.335 e. The van der Waals surface area contributed by atoms with E-state index in [1.165, 1.54) is 0 Å². The van der Waals surface area contributed by atoms with Crippen LogP contribution in [-0.4, -0.2) is 16.9 Å². The highest BCUT2D eigenvalue weighted by atomic mass is 16.4. The molecule has 0 amide bonds. The van der Waals surface area contributed by atoms with Crippen molar-refractivity contribution in [3.63, 3.8) is 0 Å². The van der Waals surface area contributed by atoms with Crippen LogP contribution in [0.25, 0.3) is 0 Å². The molecular weight excluding hydrogens is 240 g/mol. The van der Waals surface area contributed by atoms with Gasteiger partial charge in [-0.1, -0.05) is 39.8 Å². The monoisotopic (exact) mass is 266 g/mol. The molecule has 1 N–H and O–H groups in total. The summed E-state index contributed by atoms with van der Waals surface area (Å²) in [4.78, 5) is 20.5. The molecule has 19 heavy (non-hydrogen) atoms. The van der Waals surface area contributed by atoms with Crippen molar-refractivity contribution in [1.29, 1.82) is 0 Å². The Hall–Kier alpha value is -1.64. The Morgan fingerprint density at radius 1 is 1.16 bits per heavy atom. The van der Waals surface area contributed by atoms with Crippen molar-refractivity contribution in [3.8, 4) is 0 Å². The van der Waals surface area contributed by atoms with Gasteiger partial charge in [-0.2, -0.15) is 0 Å². The molecule has 3 heteroatoms. The van der Waals surface area contributed by atoms with Crippen LogP contribution in [-0.2, 0) is 11.2 Å². The second kappa shape index (κ2) is 12.8. The predicted molar refractivity (Wildman–Crippen MR) is 79.7 cm³/mol. The van der Waals surface area contributed by atoms with Gasteiger partial charge in [-0.3, -0.25) is 0 Å². The zero-order valence-corrected chi connectivity index (χ0v) is 12.7. The van der Waals surface area contributed by atoms with Crippen LogP contribution < -0.4 is 0 Å². The zero-order chi connectivity index (χ0) is 15.3. The number of carboxylic acid groups (broad SMARTS) is 1. The average molecular weight is 266 g/mol. The Labute approximate surface area is 116 Å². The number of hydrogen-bond acceptors (Lipinski definition) is 2. The molecule has 1 aromatic carbocycles. The minimum atomic E-state index is -0.861. The largest absolute Gasteiger partial charge is 0.478 e. The van der Waals surface area contributed by atoms with Crippen LogP contribution >= 0.6 is 0 Å². The van der Waals surface area contributed by atoms with Gasteiger partial charge in [0.2, 0.25) is 0 Å². The standard InChI is InChI=1S/C9H10O2.C5H10O.C2H6/c1-2-7-4-3-5-8(6-7)9(10)11;1-3-4-5(2)6;1-2/h3-6H,2H2,1H3,(H,10,11);3-4H2,1-2H3;1-2H3. The molecule has 1 rings (SSSR count).